The van der Waals surface area contributed by atoms with E-state index in [4.69, 9.17) is 5.21 Å². The molecule has 1 aromatic heterocycles. The Bertz CT molecular complexity index is 948. The summed E-state index contributed by atoms with van der Waals surface area (Å²) in [6, 6.07) is 11.0. The molecule has 0 unspecified atom stereocenters. The molecular formula is C14H13N5O3S. The summed E-state index contributed by atoms with van der Waals surface area (Å²) in [5.41, 5.74) is 3.46. The Morgan fingerprint density at radius 2 is 1.96 bits per heavy atom. The summed E-state index contributed by atoms with van der Waals surface area (Å²) in [4.78, 5) is 3.96. The third kappa shape index (κ3) is 3.30. The van der Waals surface area contributed by atoms with Crippen LogP contribution >= 0.6 is 0 Å². The minimum absolute atomic E-state index is 0.109. The van der Waals surface area contributed by atoms with E-state index in [1.165, 1.54) is 24.3 Å². The number of hydroxylamine groups is 1. The quantitative estimate of drug-likeness (QED) is 0.324. The molecule has 0 fully saturated rings. The van der Waals surface area contributed by atoms with Gasteiger partial charge in [0, 0.05) is 5.39 Å². The summed E-state index contributed by atoms with van der Waals surface area (Å²) < 4.78 is 27.3. The molecule has 3 rings (SSSR count). The highest BCUT2D eigenvalue weighted by Crippen LogP contribution is 2.21. The van der Waals surface area contributed by atoms with Crippen LogP contribution in [0.5, 0.6) is 0 Å². The van der Waals surface area contributed by atoms with Crippen molar-refractivity contribution in [3.05, 3.63) is 48.7 Å². The number of aromatic nitrogens is 2. The van der Waals surface area contributed by atoms with Crippen LogP contribution in [-0.2, 0) is 10.0 Å². The zero-order chi connectivity index (χ0) is 16.3. The summed E-state index contributed by atoms with van der Waals surface area (Å²) in [6.07, 6.45) is 2.75. The fourth-order valence-corrected chi connectivity index (χ4v) is 3.08. The predicted octanol–water partition coefficient (Wildman–Crippen LogP) is 2.00. The van der Waals surface area contributed by atoms with E-state index >= 15 is 0 Å². The standard InChI is InChI=1S/C14H13N5O3S/c20-17-9-15-11-3-5-13(6-4-11)23(21,22)19-12-2-1-10-8-16-18-14(10)7-12/h1-9,19-20H,(H,15,17)(H,16,18). The van der Waals surface area contributed by atoms with Gasteiger partial charge >= 0.3 is 0 Å². The van der Waals surface area contributed by atoms with Gasteiger partial charge in [-0.2, -0.15) is 5.10 Å². The Morgan fingerprint density at radius 1 is 1.17 bits per heavy atom. The summed E-state index contributed by atoms with van der Waals surface area (Å²) >= 11 is 0. The molecule has 118 valence electrons. The van der Waals surface area contributed by atoms with Gasteiger partial charge in [0.25, 0.3) is 10.0 Å². The van der Waals surface area contributed by atoms with Crippen molar-refractivity contribution < 1.29 is 13.6 Å². The lowest BCUT2D eigenvalue weighted by atomic mass is 10.2. The molecule has 0 saturated heterocycles. The number of aromatic amines is 1. The molecule has 1 heterocycles. The number of hydrogen-bond acceptors (Lipinski definition) is 5. The van der Waals surface area contributed by atoms with Crippen molar-refractivity contribution in [1.82, 2.24) is 15.7 Å². The van der Waals surface area contributed by atoms with Crippen molar-refractivity contribution in [2.45, 2.75) is 4.90 Å². The lowest BCUT2D eigenvalue weighted by Crippen LogP contribution is -2.12. The van der Waals surface area contributed by atoms with Crippen molar-refractivity contribution in [2.75, 3.05) is 4.72 Å². The summed E-state index contributed by atoms with van der Waals surface area (Å²) in [7, 11) is -3.70. The van der Waals surface area contributed by atoms with E-state index < -0.39 is 10.0 Å². The first kappa shape index (κ1) is 15.0. The molecule has 0 aliphatic heterocycles. The second-order valence-corrected chi connectivity index (χ2v) is 6.34. The number of hydrogen-bond donors (Lipinski definition) is 4. The maximum atomic E-state index is 12.4. The summed E-state index contributed by atoms with van der Waals surface area (Å²) in [6.45, 7) is 0. The SMILES string of the molecule is O=S(=O)(Nc1ccc2cn[nH]c2c1)c1ccc(N=CNO)cc1. The third-order valence-corrected chi connectivity index (χ3v) is 4.51. The van der Waals surface area contributed by atoms with Crippen LogP contribution in [0, 0.1) is 0 Å². The number of fused-ring (bicyclic) bond motifs is 1. The lowest BCUT2D eigenvalue weighted by Gasteiger charge is -2.08. The molecule has 0 atom stereocenters. The van der Waals surface area contributed by atoms with Crippen molar-refractivity contribution in [3.8, 4) is 0 Å². The molecule has 9 heteroatoms. The van der Waals surface area contributed by atoms with Gasteiger partial charge in [0.1, 0.15) is 6.34 Å². The number of H-pyrrole nitrogens is 1. The van der Waals surface area contributed by atoms with E-state index in [2.05, 4.69) is 19.9 Å². The van der Waals surface area contributed by atoms with Crippen LogP contribution in [0.4, 0.5) is 11.4 Å². The van der Waals surface area contributed by atoms with Gasteiger partial charge in [0.05, 0.1) is 28.0 Å². The van der Waals surface area contributed by atoms with Crippen LogP contribution in [0.25, 0.3) is 10.9 Å². The molecule has 0 aliphatic rings. The first-order chi connectivity index (χ1) is 11.1. The lowest BCUT2D eigenvalue weighted by molar-refractivity contribution is 0.240. The van der Waals surface area contributed by atoms with Gasteiger partial charge in [-0.15, -0.1) is 0 Å². The zero-order valence-corrected chi connectivity index (χ0v) is 12.6. The van der Waals surface area contributed by atoms with E-state index in [9.17, 15) is 8.42 Å². The van der Waals surface area contributed by atoms with E-state index in [0.29, 0.717) is 11.4 Å². The average molecular weight is 331 g/mol. The van der Waals surface area contributed by atoms with Crippen LogP contribution in [0.2, 0.25) is 0 Å². The summed E-state index contributed by atoms with van der Waals surface area (Å²) in [5.74, 6) is 0. The van der Waals surface area contributed by atoms with Gasteiger partial charge in [0.2, 0.25) is 0 Å². The number of nitrogens with zero attached hydrogens (tertiary/aromatic N) is 2. The minimum atomic E-state index is -3.70. The maximum absolute atomic E-state index is 12.4. The van der Waals surface area contributed by atoms with Crippen LogP contribution in [0.15, 0.2) is 58.5 Å². The molecule has 23 heavy (non-hydrogen) atoms. The Balaban J connectivity index is 1.84. The Labute approximate surface area is 131 Å². The Kier molecular flexibility index (Phi) is 3.96. The van der Waals surface area contributed by atoms with Gasteiger partial charge < -0.3 is 0 Å². The number of anilines is 1. The third-order valence-electron chi connectivity index (χ3n) is 3.11. The van der Waals surface area contributed by atoms with Crippen molar-refractivity contribution in [2.24, 2.45) is 4.99 Å². The van der Waals surface area contributed by atoms with E-state index in [-0.39, 0.29) is 4.90 Å². The maximum Gasteiger partial charge on any atom is 0.261 e. The smallest absolute Gasteiger partial charge is 0.261 e. The molecule has 0 amide bonds. The fourth-order valence-electron chi connectivity index (χ4n) is 2.03. The zero-order valence-electron chi connectivity index (χ0n) is 11.8. The van der Waals surface area contributed by atoms with Crippen LogP contribution < -0.4 is 10.2 Å². The number of benzene rings is 2. The van der Waals surface area contributed by atoms with Crippen LogP contribution in [-0.4, -0.2) is 30.2 Å². The highest BCUT2D eigenvalue weighted by molar-refractivity contribution is 7.92. The van der Waals surface area contributed by atoms with E-state index in [1.807, 2.05) is 0 Å². The van der Waals surface area contributed by atoms with Gasteiger partial charge in [-0.25, -0.2) is 13.4 Å². The second-order valence-electron chi connectivity index (χ2n) is 4.66. The number of nitrogens with one attached hydrogen (secondary N) is 3. The molecule has 0 radical (unpaired) electrons. The molecule has 8 nitrogen and oxygen atoms in total. The van der Waals surface area contributed by atoms with Crippen LogP contribution in [0.3, 0.4) is 0 Å². The fraction of sp³-hybridized carbons (Fsp3) is 0. The number of aliphatic imine (C=N–C) groups is 1. The Hall–Kier alpha value is -2.91. The highest BCUT2D eigenvalue weighted by atomic mass is 32.2. The second kappa shape index (κ2) is 6.07. The van der Waals surface area contributed by atoms with E-state index in [0.717, 1.165) is 17.2 Å². The molecule has 0 saturated carbocycles. The average Bonchev–Trinajstić information content (AvgIpc) is 3.00. The number of rotatable bonds is 5. The summed E-state index contributed by atoms with van der Waals surface area (Å²) in [5, 5.41) is 16.0. The normalized spacial score (nSPS) is 11.9. The monoisotopic (exact) mass is 331 g/mol. The minimum Gasteiger partial charge on any atom is -0.290 e. The van der Waals surface area contributed by atoms with Crippen molar-refractivity contribution in [3.63, 3.8) is 0 Å². The molecule has 0 bridgehead atoms. The topological polar surface area (TPSA) is 119 Å². The molecule has 2 aromatic carbocycles. The van der Waals surface area contributed by atoms with Gasteiger partial charge in [-0.1, -0.05) is 0 Å². The van der Waals surface area contributed by atoms with Gasteiger partial charge in [-0.05, 0) is 42.5 Å². The van der Waals surface area contributed by atoms with Gasteiger partial charge in [0.15, 0.2) is 0 Å². The van der Waals surface area contributed by atoms with Gasteiger partial charge in [-0.3, -0.25) is 20.5 Å². The van der Waals surface area contributed by atoms with E-state index in [1.54, 1.807) is 29.9 Å². The Morgan fingerprint density at radius 3 is 2.70 bits per heavy atom. The first-order valence-corrected chi connectivity index (χ1v) is 8.05. The van der Waals surface area contributed by atoms with Crippen molar-refractivity contribution in [1.29, 1.82) is 0 Å². The molecule has 4 N–H and O–H groups in total. The number of sulfonamides is 1. The predicted molar refractivity (Wildman–Crippen MR) is 86.4 cm³/mol. The molecular weight excluding hydrogens is 318 g/mol. The molecule has 0 aliphatic carbocycles. The molecule has 3 aromatic rings. The van der Waals surface area contributed by atoms with Crippen molar-refractivity contribution >= 4 is 38.6 Å². The van der Waals surface area contributed by atoms with Crippen LogP contribution in [0.1, 0.15) is 0 Å². The first-order valence-electron chi connectivity index (χ1n) is 6.57. The molecule has 0 spiro atoms. The highest BCUT2D eigenvalue weighted by Gasteiger charge is 2.14. The largest absolute Gasteiger partial charge is 0.290 e.